The molecule has 0 aliphatic carbocycles. The van der Waals surface area contributed by atoms with Gasteiger partial charge in [0.25, 0.3) is 0 Å². The summed E-state index contributed by atoms with van der Waals surface area (Å²) in [5.74, 6) is 0. The van der Waals surface area contributed by atoms with E-state index in [9.17, 15) is 0 Å². The monoisotopic (exact) mass is 162 g/mol. The standard InChI is InChI=1S/C10H14N2/c1-8-7-12(2)10-6-4-3-5-9(10)11-8/h3-6,8,11H,7H2,1-2H3. The van der Waals surface area contributed by atoms with E-state index in [0.717, 1.165) is 6.54 Å². The summed E-state index contributed by atoms with van der Waals surface area (Å²) in [4.78, 5) is 2.29. The molecule has 1 N–H and O–H groups in total. The van der Waals surface area contributed by atoms with Gasteiger partial charge in [-0.15, -0.1) is 0 Å². The van der Waals surface area contributed by atoms with Crippen LogP contribution in [0.15, 0.2) is 24.3 Å². The van der Waals surface area contributed by atoms with Crippen LogP contribution in [0, 0.1) is 0 Å². The molecule has 64 valence electrons. The maximum atomic E-state index is 3.45. The average molecular weight is 162 g/mol. The molecular formula is C10H14N2. The zero-order valence-corrected chi connectivity index (χ0v) is 7.54. The van der Waals surface area contributed by atoms with Gasteiger partial charge in [0.1, 0.15) is 0 Å². The van der Waals surface area contributed by atoms with Crippen LogP contribution in [-0.4, -0.2) is 19.6 Å². The van der Waals surface area contributed by atoms with Gasteiger partial charge in [0, 0.05) is 19.6 Å². The molecule has 0 aromatic heterocycles. The van der Waals surface area contributed by atoms with Crippen LogP contribution in [0.5, 0.6) is 0 Å². The maximum Gasteiger partial charge on any atom is 0.0600 e. The van der Waals surface area contributed by atoms with E-state index in [1.165, 1.54) is 11.4 Å². The first-order valence-electron chi connectivity index (χ1n) is 4.34. The first kappa shape index (κ1) is 7.47. The Labute approximate surface area is 73.2 Å². The quantitative estimate of drug-likeness (QED) is 0.627. The summed E-state index contributed by atoms with van der Waals surface area (Å²) in [6.45, 7) is 3.28. The number of likely N-dealkylation sites (N-methyl/N-ethyl adjacent to an activating group) is 1. The molecule has 2 heteroatoms. The summed E-state index contributed by atoms with van der Waals surface area (Å²) in [5, 5.41) is 3.45. The first-order valence-corrected chi connectivity index (χ1v) is 4.34. The predicted octanol–water partition coefficient (Wildman–Crippen LogP) is 1.94. The number of hydrogen-bond acceptors (Lipinski definition) is 2. The van der Waals surface area contributed by atoms with E-state index in [1.54, 1.807) is 0 Å². The topological polar surface area (TPSA) is 15.3 Å². The van der Waals surface area contributed by atoms with Crippen molar-refractivity contribution in [3.63, 3.8) is 0 Å². The van der Waals surface area contributed by atoms with E-state index in [4.69, 9.17) is 0 Å². The third-order valence-electron chi connectivity index (χ3n) is 2.26. The van der Waals surface area contributed by atoms with Gasteiger partial charge in [0.2, 0.25) is 0 Å². The van der Waals surface area contributed by atoms with E-state index in [0.29, 0.717) is 6.04 Å². The molecule has 0 spiro atoms. The van der Waals surface area contributed by atoms with E-state index in [1.807, 2.05) is 0 Å². The van der Waals surface area contributed by atoms with Crippen LogP contribution in [0.25, 0.3) is 0 Å². The number of nitrogens with zero attached hydrogens (tertiary/aromatic N) is 1. The molecule has 1 aromatic carbocycles. The Morgan fingerprint density at radius 2 is 2.17 bits per heavy atom. The Morgan fingerprint density at radius 1 is 1.42 bits per heavy atom. The fourth-order valence-corrected chi connectivity index (χ4v) is 1.75. The van der Waals surface area contributed by atoms with Gasteiger partial charge in [0.05, 0.1) is 11.4 Å². The Balaban J connectivity index is 2.40. The van der Waals surface area contributed by atoms with Crippen LogP contribution in [0.3, 0.4) is 0 Å². The summed E-state index contributed by atoms with van der Waals surface area (Å²) >= 11 is 0. The third-order valence-corrected chi connectivity index (χ3v) is 2.26. The molecule has 0 fully saturated rings. The van der Waals surface area contributed by atoms with Gasteiger partial charge in [-0.3, -0.25) is 0 Å². The van der Waals surface area contributed by atoms with E-state index < -0.39 is 0 Å². The smallest absolute Gasteiger partial charge is 0.0600 e. The fourth-order valence-electron chi connectivity index (χ4n) is 1.75. The van der Waals surface area contributed by atoms with Crippen LogP contribution < -0.4 is 10.2 Å². The number of nitrogens with one attached hydrogen (secondary N) is 1. The molecule has 12 heavy (non-hydrogen) atoms. The lowest BCUT2D eigenvalue weighted by molar-refractivity contribution is 0.738. The van der Waals surface area contributed by atoms with Gasteiger partial charge in [-0.25, -0.2) is 0 Å². The van der Waals surface area contributed by atoms with Crippen molar-refractivity contribution in [2.24, 2.45) is 0 Å². The lowest BCUT2D eigenvalue weighted by Crippen LogP contribution is -2.37. The molecule has 0 saturated carbocycles. The molecule has 0 radical (unpaired) electrons. The van der Waals surface area contributed by atoms with Gasteiger partial charge in [-0.2, -0.15) is 0 Å². The molecule has 1 aliphatic rings. The fraction of sp³-hybridized carbons (Fsp3) is 0.400. The third kappa shape index (κ3) is 1.13. The van der Waals surface area contributed by atoms with E-state index in [2.05, 4.69) is 48.5 Å². The Hall–Kier alpha value is -1.18. The minimum absolute atomic E-state index is 0.546. The van der Waals surface area contributed by atoms with Crippen LogP contribution in [0.1, 0.15) is 6.92 Å². The lowest BCUT2D eigenvalue weighted by atomic mass is 10.1. The predicted molar refractivity (Wildman–Crippen MR) is 52.8 cm³/mol. The normalized spacial score (nSPS) is 21.5. The molecule has 1 heterocycles. The molecule has 1 aliphatic heterocycles. The number of hydrogen-bond donors (Lipinski definition) is 1. The Kier molecular flexibility index (Phi) is 1.68. The number of para-hydroxylation sites is 2. The summed E-state index contributed by atoms with van der Waals surface area (Å²) in [6.07, 6.45) is 0. The molecule has 2 rings (SSSR count). The van der Waals surface area contributed by atoms with Crippen molar-refractivity contribution in [3.8, 4) is 0 Å². The second-order valence-corrected chi connectivity index (χ2v) is 3.44. The average Bonchev–Trinajstić information content (AvgIpc) is 2.04. The SMILES string of the molecule is CC1CN(C)c2ccccc2N1. The molecule has 1 unspecified atom stereocenters. The highest BCUT2D eigenvalue weighted by Gasteiger charge is 2.16. The molecule has 0 amide bonds. The van der Waals surface area contributed by atoms with E-state index >= 15 is 0 Å². The lowest BCUT2D eigenvalue weighted by Gasteiger charge is -2.32. The molecule has 2 nitrogen and oxygen atoms in total. The van der Waals surface area contributed by atoms with Crippen LogP contribution in [0.4, 0.5) is 11.4 Å². The van der Waals surface area contributed by atoms with Gasteiger partial charge in [0.15, 0.2) is 0 Å². The second-order valence-electron chi connectivity index (χ2n) is 3.44. The van der Waals surface area contributed by atoms with Crippen molar-refractivity contribution in [1.82, 2.24) is 0 Å². The summed E-state index contributed by atoms with van der Waals surface area (Å²) in [7, 11) is 2.14. The summed E-state index contributed by atoms with van der Waals surface area (Å²) < 4.78 is 0. The highest BCUT2D eigenvalue weighted by molar-refractivity contribution is 5.72. The van der Waals surface area contributed by atoms with Crippen molar-refractivity contribution in [1.29, 1.82) is 0 Å². The summed E-state index contributed by atoms with van der Waals surface area (Å²) in [5.41, 5.74) is 2.55. The molecule has 0 saturated heterocycles. The van der Waals surface area contributed by atoms with Crippen LogP contribution in [0.2, 0.25) is 0 Å². The molecule has 1 aromatic rings. The Bertz CT molecular complexity index is 283. The van der Waals surface area contributed by atoms with Crippen molar-refractivity contribution in [2.75, 3.05) is 23.8 Å². The highest BCUT2D eigenvalue weighted by atomic mass is 15.2. The van der Waals surface area contributed by atoms with Crippen molar-refractivity contribution in [3.05, 3.63) is 24.3 Å². The maximum absolute atomic E-state index is 3.45. The number of rotatable bonds is 0. The second kappa shape index (κ2) is 2.70. The van der Waals surface area contributed by atoms with Gasteiger partial charge in [-0.05, 0) is 19.1 Å². The number of fused-ring (bicyclic) bond motifs is 1. The number of anilines is 2. The summed E-state index contributed by atoms with van der Waals surface area (Å²) in [6, 6.07) is 8.96. The van der Waals surface area contributed by atoms with E-state index in [-0.39, 0.29) is 0 Å². The van der Waals surface area contributed by atoms with Crippen LogP contribution >= 0.6 is 0 Å². The zero-order valence-electron chi connectivity index (χ0n) is 7.54. The van der Waals surface area contributed by atoms with Gasteiger partial charge >= 0.3 is 0 Å². The van der Waals surface area contributed by atoms with Crippen molar-refractivity contribution < 1.29 is 0 Å². The largest absolute Gasteiger partial charge is 0.379 e. The van der Waals surface area contributed by atoms with Gasteiger partial charge in [-0.1, -0.05) is 12.1 Å². The van der Waals surface area contributed by atoms with Crippen molar-refractivity contribution in [2.45, 2.75) is 13.0 Å². The Morgan fingerprint density at radius 3 is 3.00 bits per heavy atom. The minimum atomic E-state index is 0.546. The molecular weight excluding hydrogens is 148 g/mol. The zero-order chi connectivity index (χ0) is 8.55. The van der Waals surface area contributed by atoms with Crippen LogP contribution in [-0.2, 0) is 0 Å². The minimum Gasteiger partial charge on any atom is -0.379 e. The van der Waals surface area contributed by atoms with Gasteiger partial charge < -0.3 is 10.2 Å². The first-order chi connectivity index (χ1) is 5.77. The molecule has 0 bridgehead atoms. The highest BCUT2D eigenvalue weighted by Crippen LogP contribution is 2.28. The molecule has 1 atom stereocenters. The number of benzene rings is 1. The van der Waals surface area contributed by atoms with Crippen molar-refractivity contribution >= 4 is 11.4 Å².